The predicted octanol–water partition coefficient (Wildman–Crippen LogP) is 3.04. The smallest absolute Gasteiger partial charge is 0.308 e. The molecular weight excluding hydrogens is 404 g/mol. The van der Waals surface area contributed by atoms with Gasteiger partial charge in [-0.15, -0.1) is 5.10 Å². The predicted molar refractivity (Wildman–Crippen MR) is 113 cm³/mol. The molecule has 0 aliphatic carbocycles. The average molecular weight is 431 g/mol. The summed E-state index contributed by atoms with van der Waals surface area (Å²) in [5, 5.41) is 15.4. The number of fused-ring (bicyclic) bond motifs is 1. The Hall–Kier alpha value is -2.65. The van der Waals surface area contributed by atoms with Gasteiger partial charge in [-0.05, 0) is 43.6 Å². The number of methoxy groups -OCH3 is 2. The number of nitrogens with zero attached hydrogens (tertiary/aromatic N) is 4. The van der Waals surface area contributed by atoms with Crippen LogP contribution in [0.2, 0.25) is 0 Å². The van der Waals surface area contributed by atoms with Crippen molar-refractivity contribution in [2.75, 3.05) is 27.3 Å². The summed E-state index contributed by atoms with van der Waals surface area (Å²) in [6.07, 6.45) is 2.15. The van der Waals surface area contributed by atoms with Gasteiger partial charge in [0.05, 0.1) is 31.1 Å². The summed E-state index contributed by atoms with van der Waals surface area (Å²) in [5.74, 6) is 1.35. The number of carbonyl (C=O) groups is 1. The number of carbonyl (C=O) groups excluding carboxylic acids is 1. The average Bonchev–Trinajstić information content (AvgIpc) is 3.33. The van der Waals surface area contributed by atoms with Gasteiger partial charge in [0.1, 0.15) is 5.75 Å². The van der Waals surface area contributed by atoms with Crippen LogP contribution in [-0.2, 0) is 16.0 Å². The molecule has 0 amide bonds. The van der Waals surface area contributed by atoms with Crippen molar-refractivity contribution in [2.24, 2.45) is 5.92 Å². The fourth-order valence-corrected chi connectivity index (χ4v) is 5.15. The number of aryl methyl sites for hydroxylation is 1. The first-order valence-electron chi connectivity index (χ1n) is 10.1. The van der Waals surface area contributed by atoms with Crippen molar-refractivity contribution >= 4 is 22.3 Å². The van der Waals surface area contributed by atoms with Gasteiger partial charge in [0.15, 0.2) is 5.82 Å². The number of thiazole rings is 1. The molecule has 1 aliphatic heterocycles. The maximum absolute atomic E-state index is 11.9. The summed E-state index contributed by atoms with van der Waals surface area (Å²) in [6, 6.07) is 7.69. The van der Waals surface area contributed by atoms with Crippen LogP contribution in [0.4, 0.5) is 0 Å². The first kappa shape index (κ1) is 20.6. The Morgan fingerprint density at radius 2 is 2.10 bits per heavy atom. The number of benzene rings is 1. The van der Waals surface area contributed by atoms with Gasteiger partial charge >= 0.3 is 5.97 Å². The van der Waals surface area contributed by atoms with Gasteiger partial charge in [0, 0.05) is 6.42 Å². The molecule has 0 spiro atoms. The molecule has 1 saturated heterocycles. The van der Waals surface area contributed by atoms with E-state index in [0.717, 1.165) is 29.3 Å². The van der Waals surface area contributed by atoms with Gasteiger partial charge in [-0.2, -0.15) is 4.52 Å². The van der Waals surface area contributed by atoms with E-state index in [-0.39, 0.29) is 23.8 Å². The van der Waals surface area contributed by atoms with Gasteiger partial charge in [0.25, 0.3) is 0 Å². The van der Waals surface area contributed by atoms with E-state index in [1.807, 2.05) is 31.2 Å². The topological polar surface area (TPSA) is 89.2 Å². The van der Waals surface area contributed by atoms with Crippen LogP contribution in [0.3, 0.4) is 0 Å². The quantitative estimate of drug-likeness (QED) is 0.601. The minimum Gasteiger partial charge on any atom is -0.497 e. The molecule has 0 bridgehead atoms. The lowest BCUT2D eigenvalue weighted by atomic mass is 9.93. The number of hydrogen-bond acceptors (Lipinski definition) is 8. The summed E-state index contributed by atoms with van der Waals surface area (Å²) in [6.45, 7) is 3.42. The number of hydrogen-bond donors (Lipinski definition) is 1. The summed E-state index contributed by atoms with van der Waals surface area (Å²) in [5.41, 5.74) is 1.02. The minimum absolute atomic E-state index is 0.0831. The third kappa shape index (κ3) is 3.75. The number of likely N-dealkylation sites (tertiary alicyclic amines) is 1. The van der Waals surface area contributed by atoms with E-state index < -0.39 is 0 Å². The van der Waals surface area contributed by atoms with E-state index in [1.165, 1.54) is 23.0 Å². The van der Waals surface area contributed by atoms with Crippen LogP contribution in [0, 0.1) is 5.92 Å². The lowest BCUT2D eigenvalue weighted by molar-refractivity contribution is -0.147. The van der Waals surface area contributed by atoms with E-state index in [1.54, 1.807) is 7.11 Å². The Morgan fingerprint density at radius 1 is 1.33 bits per heavy atom. The lowest BCUT2D eigenvalue weighted by Gasteiger charge is -2.36. The first-order chi connectivity index (χ1) is 14.5. The number of esters is 1. The van der Waals surface area contributed by atoms with Gasteiger partial charge in [-0.25, -0.2) is 4.98 Å². The van der Waals surface area contributed by atoms with Crippen LogP contribution < -0.4 is 4.74 Å². The third-order valence-electron chi connectivity index (χ3n) is 5.65. The fraction of sp³-hybridized carbons (Fsp3) is 0.476. The van der Waals surface area contributed by atoms with Gasteiger partial charge in [-0.1, -0.05) is 30.4 Å². The normalized spacial score (nSPS) is 16.6. The van der Waals surface area contributed by atoms with Crippen molar-refractivity contribution in [3.8, 4) is 11.6 Å². The molecule has 160 valence electrons. The zero-order chi connectivity index (χ0) is 21.3. The molecule has 1 aliphatic rings. The summed E-state index contributed by atoms with van der Waals surface area (Å²) < 4.78 is 11.9. The summed E-state index contributed by atoms with van der Waals surface area (Å²) in [4.78, 5) is 20.2. The Labute approximate surface area is 179 Å². The van der Waals surface area contributed by atoms with Crippen molar-refractivity contribution in [1.29, 1.82) is 0 Å². The zero-order valence-electron chi connectivity index (χ0n) is 17.4. The SMILES string of the molecule is CCc1nc2sc([C@@H](c3cccc(OC)c3)N3CCC(C(=O)OC)CC3)c(O)n2n1. The third-order valence-corrected chi connectivity index (χ3v) is 6.72. The molecule has 1 fully saturated rings. The van der Waals surface area contributed by atoms with Crippen LogP contribution in [0.25, 0.3) is 4.96 Å². The molecule has 8 nitrogen and oxygen atoms in total. The standard InChI is InChI=1S/C21H26N4O4S/c1-4-16-22-21-25(23-16)19(26)18(30-21)17(14-6-5-7-15(12-14)28-2)24-10-8-13(9-11-24)20(27)29-3/h5-7,12-13,17,26H,4,8-11H2,1-3H3/t17-/m1/s1. The van der Waals surface area contributed by atoms with Crippen LogP contribution in [0.5, 0.6) is 11.6 Å². The fourth-order valence-electron chi connectivity index (χ4n) is 4.02. The van der Waals surface area contributed by atoms with E-state index in [0.29, 0.717) is 30.0 Å². The number of piperidine rings is 1. The number of rotatable bonds is 6. The second-order valence-corrected chi connectivity index (χ2v) is 8.39. The molecule has 1 aromatic carbocycles. The molecule has 1 N–H and O–H groups in total. The molecule has 3 aromatic rings. The van der Waals surface area contributed by atoms with Gasteiger partial charge in [0.2, 0.25) is 10.8 Å². The van der Waals surface area contributed by atoms with E-state index in [9.17, 15) is 9.90 Å². The van der Waals surface area contributed by atoms with E-state index >= 15 is 0 Å². The highest BCUT2D eigenvalue weighted by atomic mass is 32.1. The molecule has 30 heavy (non-hydrogen) atoms. The van der Waals surface area contributed by atoms with E-state index in [2.05, 4.69) is 15.0 Å². The maximum atomic E-state index is 11.9. The highest BCUT2D eigenvalue weighted by molar-refractivity contribution is 7.17. The number of aromatic hydroxyl groups is 1. The second kappa shape index (κ2) is 8.61. The Bertz CT molecular complexity index is 1040. The Kier molecular flexibility index (Phi) is 5.92. The number of aromatic nitrogens is 3. The van der Waals surface area contributed by atoms with Crippen LogP contribution in [0.1, 0.15) is 42.1 Å². The molecule has 0 unspecified atom stereocenters. The van der Waals surface area contributed by atoms with Crippen molar-refractivity contribution in [3.05, 3.63) is 40.5 Å². The van der Waals surface area contributed by atoms with Crippen LogP contribution in [0.15, 0.2) is 24.3 Å². The van der Waals surface area contributed by atoms with Crippen molar-refractivity contribution in [1.82, 2.24) is 19.5 Å². The molecule has 1 atom stereocenters. The summed E-state index contributed by atoms with van der Waals surface area (Å²) in [7, 11) is 3.08. The Morgan fingerprint density at radius 3 is 2.73 bits per heavy atom. The molecule has 4 rings (SSSR count). The van der Waals surface area contributed by atoms with Crippen molar-refractivity contribution < 1.29 is 19.4 Å². The molecule has 0 saturated carbocycles. The van der Waals surface area contributed by atoms with Crippen LogP contribution in [-0.4, -0.2) is 57.9 Å². The molecular formula is C21H26N4O4S. The van der Waals surface area contributed by atoms with Crippen molar-refractivity contribution in [3.63, 3.8) is 0 Å². The lowest BCUT2D eigenvalue weighted by Crippen LogP contribution is -2.39. The minimum atomic E-state index is -0.183. The van der Waals surface area contributed by atoms with Crippen molar-refractivity contribution in [2.45, 2.75) is 32.2 Å². The van der Waals surface area contributed by atoms with Gasteiger partial charge in [-0.3, -0.25) is 9.69 Å². The molecule has 9 heteroatoms. The maximum Gasteiger partial charge on any atom is 0.308 e. The monoisotopic (exact) mass is 430 g/mol. The summed E-state index contributed by atoms with van der Waals surface area (Å²) >= 11 is 1.45. The highest BCUT2D eigenvalue weighted by Gasteiger charge is 2.34. The zero-order valence-corrected chi connectivity index (χ0v) is 18.2. The van der Waals surface area contributed by atoms with E-state index in [4.69, 9.17) is 9.47 Å². The number of ether oxygens (including phenoxy) is 2. The Balaban J connectivity index is 1.72. The highest BCUT2D eigenvalue weighted by Crippen LogP contribution is 2.42. The second-order valence-electron chi connectivity index (χ2n) is 7.38. The largest absolute Gasteiger partial charge is 0.497 e. The molecule has 2 aromatic heterocycles. The first-order valence-corrected chi connectivity index (χ1v) is 10.9. The van der Waals surface area contributed by atoms with Gasteiger partial charge < -0.3 is 14.6 Å². The molecule has 3 heterocycles. The van der Waals surface area contributed by atoms with Crippen LogP contribution >= 0.6 is 11.3 Å². The molecule has 0 radical (unpaired) electrons.